The van der Waals surface area contributed by atoms with Crippen molar-refractivity contribution in [3.8, 4) is 5.75 Å². The van der Waals surface area contributed by atoms with Crippen LogP contribution < -0.4 is 15.4 Å². The number of urea groups is 1. The molecule has 21 heavy (non-hydrogen) atoms. The van der Waals surface area contributed by atoms with Gasteiger partial charge in [0.05, 0.1) is 17.1 Å². The molecule has 8 heteroatoms. The maximum atomic E-state index is 11.7. The molecule has 2 N–H and O–H groups in total. The number of hydrogen-bond donors (Lipinski definition) is 2. The molecule has 0 atom stereocenters. The number of esters is 1. The first-order valence-corrected chi connectivity index (χ1v) is 6.85. The quantitative estimate of drug-likeness (QED) is 0.777. The first-order valence-electron chi connectivity index (χ1n) is 6.06. The van der Waals surface area contributed by atoms with E-state index in [1.54, 1.807) is 13.0 Å². The molecule has 0 bridgehead atoms. The van der Waals surface area contributed by atoms with Crippen LogP contribution in [0.5, 0.6) is 5.75 Å². The zero-order valence-electron chi connectivity index (χ0n) is 11.6. The number of benzene rings is 1. The van der Waals surface area contributed by atoms with Crippen LogP contribution in [-0.2, 0) is 9.53 Å². The summed E-state index contributed by atoms with van der Waals surface area (Å²) in [4.78, 5) is 34.2. The second kappa shape index (κ2) is 8.25. The minimum atomic E-state index is -0.707. The monoisotopic (exact) mass is 358 g/mol. The summed E-state index contributed by atoms with van der Waals surface area (Å²) < 4.78 is 10.4. The molecule has 0 fully saturated rings. The van der Waals surface area contributed by atoms with E-state index in [9.17, 15) is 14.4 Å². The van der Waals surface area contributed by atoms with Crippen molar-refractivity contribution in [2.75, 3.05) is 20.3 Å². The van der Waals surface area contributed by atoms with E-state index in [1.165, 1.54) is 19.2 Å². The number of hydrogen-bond acceptors (Lipinski definition) is 5. The lowest BCUT2D eigenvalue weighted by molar-refractivity contribution is -0.123. The van der Waals surface area contributed by atoms with Gasteiger partial charge in [-0.3, -0.25) is 10.1 Å². The average Bonchev–Trinajstić information content (AvgIpc) is 2.44. The van der Waals surface area contributed by atoms with E-state index in [0.29, 0.717) is 16.8 Å². The van der Waals surface area contributed by atoms with E-state index in [1.807, 2.05) is 5.32 Å². The summed E-state index contributed by atoms with van der Waals surface area (Å²) in [6, 6.07) is 3.98. The third kappa shape index (κ3) is 5.42. The maximum Gasteiger partial charge on any atom is 0.338 e. The number of imide groups is 1. The van der Waals surface area contributed by atoms with Gasteiger partial charge in [-0.05, 0) is 41.1 Å². The fraction of sp³-hybridized carbons (Fsp3) is 0.308. The number of amides is 3. The molecule has 0 aromatic heterocycles. The first kappa shape index (κ1) is 17.0. The van der Waals surface area contributed by atoms with Gasteiger partial charge in [0, 0.05) is 6.54 Å². The van der Waals surface area contributed by atoms with Crippen LogP contribution in [0.1, 0.15) is 17.3 Å². The number of rotatable bonds is 5. The number of carbonyl (C=O) groups excluding carboxylic acids is 3. The number of carbonyl (C=O) groups is 3. The van der Waals surface area contributed by atoms with Crippen LogP contribution in [0.15, 0.2) is 22.7 Å². The molecule has 0 unspecified atom stereocenters. The van der Waals surface area contributed by atoms with E-state index in [0.717, 1.165) is 0 Å². The molecule has 1 aromatic rings. The minimum absolute atomic E-state index is 0.258. The summed E-state index contributed by atoms with van der Waals surface area (Å²) in [6.45, 7) is 1.56. The van der Waals surface area contributed by atoms with Crippen molar-refractivity contribution < 1.29 is 23.9 Å². The Morgan fingerprint density at radius 2 is 2.00 bits per heavy atom. The topological polar surface area (TPSA) is 93.7 Å². The first-order chi connectivity index (χ1) is 9.97. The molecule has 0 saturated heterocycles. The molecular weight excluding hydrogens is 344 g/mol. The van der Waals surface area contributed by atoms with Crippen molar-refractivity contribution in [1.82, 2.24) is 10.6 Å². The van der Waals surface area contributed by atoms with Crippen LogP contribution in [0, 0.1) is 0 Å². The molecule has 114 valence electrons. The van der Waals surface area contributed by atoms with E-state index in [2.05, 4.69) is 21.2 Å². The van der Waals surface area contributed by atoms with Crippen molar-refractivity contribution >= 4 is 33.8 Å². The third-order valence-corrected chi connectivity index (χ3v) is 2.93. The maximum absolute atomic E-state index is 11.7. The van der Waals surface area contributed by atoms with Gasteiger partial charge in [0.25, 0.3) is 5.91 Å². The largest absolute Gasteiger partial charge is 0.496 e. The van der Waals surface area contributed by atoms with E-state index >= 15 is 0 Å². The van der Waals surface area contributed by atoms with Gasteiger partial charge in [-0.2, -0.15) is 0 Å². The predicted octanol–water partition coefficient (Wildman–Crippen LogP) is 1.46. The van der Waals surface area contributed by atoms with Crippen LogP contribution in [0.25, 0.3) is 0 Å². The Balaban J connectivity index is 2.52. The molecule has 0 radical (unpaired) electrons. The Kier molecular flexibility index (Phi) is 6.67. The standard InChI is InChI=1S/C13H15BrN2O5/c1-3-15-13(19)16-11(17)7-21-12(18)8-4-5-10(20-2)9(14)6-8/h4-6H,3,7H2,1-2H3,(H2,15,16,17,19). The van der Waals surface area contributed by atoms with Crippen molar-refractivity contribution in [3.05, 3.63) is 28.2 Å². The predicted molar refractivity (Wildman–Crippen MR) is 78.2 cm³/mol. The molecule has 0 saturated carbocycles. The molecule has 3 amide bonds. The molecule has 0 aliphatic carbocycles. The zero-order valence-corrected chi connectivity index (χ0v) is 13.2. The van der Waals surface area contributed by atoms with Crippen LogP contribution in [0.2, 0.25) is 0 Å². The van der Waals surface area contributed by atoms with Crippen molar-refractivity contribution in [2.24, 2.45) is 0 Å². The number of nitrogens with one attached hydrogen (secondary N) is 2. The Hall–Kier alpha value is -2.09. The highest BCUT2D eigenvalue weighted by Gasteiger charge is 2.13. The lowest BCUT2D eigenvalue weighted by Gasteiger charge is -2.07. The molecular formula is C13H15BrN2O5. The fourth-order valence-electron chi connectivity index (χ4n) is 1.38. The average molecular weight is 359 g/mol. The zero-order chi connectivity index (χ0) is 15.8. The minimum Gasteiger partial charge on any atom is -0.496 e. The molecule has 1 rings (SSSR count). The van der Waals surface area contributed by atoms with E-state index < -0.39 is 24.5 Å². The Bertz CT molecular complexity index is 547. The summed E-state index contributed by atoms with van der Waals surface area (Å²) in [5.41, 5.74) is 0.258. The lowest BCUT2D eigenvalue weighted by atomic mass is 10.2. The second-order valence-corrected chi connectivity index (χ2v) is 4.69. The van der Waals surface area contributed by atoms with Gasteiger partial charge in [0.1, 0.15) is 5.75 Å². The Morgan fingerprint density at radius 1 is 1.29 bits per heavy atom. The van der Waals surface area contributed by atoms with E-state index in [-0.39, 0.29) is 5.56 Å². The normalized spacial score (nSPS) is 9.67. The highest BCUT2D eigenvalue weighted by molar-refractivity contribution is 9.10. The SMILES string of the molecule is CCNC(=O)NC(=O)COC(=O)c1ccc(OC)c(Br)c1. The van der Waals surface area contributed by atoms with Gasteiger partial charge < -0.3 is 14.8 Å². The van der Waals surface area contributed by atoms with Crippen molar-refractivity contribution in [1.29, 1.82) is 0 Å². The molecule has 1 aromatic carbocycles. The summed E-state index contributed by atoms with van der Waals surface area (Å²) in [7, 11) is 1.50. The molecule has 0 aliphatic heterocycles. The third-order valence-electron chi connectivity index (χ3n) is 2.31. The van der Waals surface area contributed by atoms with Crippen molar-refractivity contribution in [3.63, 3.8) is 0 Å². The van der Waals surface area contributed by atoms with Gasteiger partial charge in [0.2, 0.25) is 0 Å². The summed E-state index contributed by atoms with van der Waals surface area (Å²) >= 11 is 3.24. The van der Waals surface area contributed by atoms with Gasteiger partial charge in [-0.1, -0.05) is 0 Å². The van der Waals surface area contributed by atoms with Crippen LogP contribution in [0.4, 0.5) is 4.79 Å². The van der Waals surface area contributed by atoms with Gasteiger partial charge in [-0.15, -0.1) is 0 Å². The molecule has 7 nitrogen and oxygen atoms in total. The molecule has 0 heterocycles. The van der Waals surface area contributed by atoms with Gasteiger partial charge in [-0.25, -0.2) is 9.59 Å². The Labute approximate surface area is 130 Å². The lowest BCUT2D eigenvalue weighted by Crippen LogP contribution is -2.41. The smallest absolute Gasteiger partial charge is 0.338 e. The fourth-order valence-corrected chi connectivity index (χ4v) is 1.92. The number of methoxy groups -OCH3 is 1. The number of halogens is 1. The van der Waals surface area contributed by atoms with Crippen LogP contribution in [-0.4, -0.2) is 38.2 Å². The second-order valence-electron chi connectivity index (χ2n) is 3.83. The summed E-state index contributed by atoms with van der Waals surface area (Å²) in [6.07, 6.45) is 0. The highest BCUT2D eigenvalue weighted by Crippen LogP contribution is 2.25. The molecule has 0 spiro atoms. The van der Waals surface area contributed by atoms with Gasteiger partial charge in [0.15, 0.2) is 6.61 Å². The van der Waals surface area contributed by atoms with Gasteiger partial charge >= 0.3 is 12.0 Å². The highest BCUT2D eigenvalue weighted by atomic mass is 79.9. The number of ether oxygens (including phenoxy) is 2. The van der Waals surface area contributed by atoms with E-state index in [4.69, 9.17) is 9.47 Å². The van der Waals surface area contributed by atoms with Crippen molar-refractivity contribution in [2.45, 2.75) is 6.92 Å². The summed E-state index contributed by atoms with van der Waals surface area (Å²) in [5, 5.41) is 4.41. The van der Waals surface area contributed by atoms with Crippen LogP contribution >= 0.6 is 15.9 Å². The summed E-state index contributed by atoms with van der Waals surface area (Å²) in [5.74, 6) is -0.813. The Morgan fingerprint density at radius 3 is 2.57 bits per heavy atom. The molecule has 0 aliphatic rings. The van der Waals surface area contributed by atoms with Crippen LogP contribution in [0.3, 0.4) is 0 Å².